The van der Waals surface area contributed by atoms with Crippen molar-refractivity contribution in [3.8, 4) is 0 Å². The quantitative estimate of drug-likeness (QED) is 0.556. The minimum absolute atomic E-state index is 0.0574. The van der Waals surface area contributed by atoms with Crippen LogP contribution in [0.4, 0.5) is 17.3 Å². The van der Waals surface area contributed by atoms with Gasteiger partial charge < -0.3 is 15.0 Å². The summed E-state index contributed by atoms with van der Waals surface area (Å²) in [5, 5.41) is 13.7. The summed E-state index contributed by atoms with van der Waals surface area (Å²) < 4.78 is 5.30. The lowest BCUT2D eigenvalue weighted by Crippen LogP contribution is -2.38. The van der Waals surface area contributed by atoms with Gasteiger partial charge in [0.1, 0.15) is 0 Å². The normalized spacial score (nSPS) is 13.9. The Hall–Kier alpha value is -3.27. The average molecular weight is 401 g/mol. The van der Waals surface area contributed by atoms with Crippen LogP contribution in [0.3, 0.4) is 0 Å². The Morgan fingerprint density at radius 1 is 1.34 bits per heavy atom. The van der Waals surface area contributed by atoms with E-state index < -0.39 is 4.92 Å². The van der Waals surface area contributed by atoms with Crippen molar-refractivity contribution in [2.75, 3.05) is 36.5 Å². The molecule has 0 spiro atoms. The minimum atomic E-state index is -0.490. The maximum absolute atomic E-state index is 12.5. The van der Waals surface area contributed by atoms with E-state index in [2.05, 4.69) is 15.3 Å². The summed E-state index contributed by atoms with van der Waals surface area (Å²) in [5.41, 5.74) is 1.48. The molecule has 0 radical (unpaired) electrons. The van der Waals surface area contributed by atoms with Crippen molar-refractivity contribution in [3.05, 3.63) is 55.5 Å². The molecular formula is C19H23N5O5. The Balaban J connectivity index is 1.67. The topological polar surface area (TPSA) is 130 Å². The second-order valence-electron chi connectivity index (χ2n) is 6.81. The molecule has 0 bridgehead atoms. The minimum Gasteiger partial charge on any atom is -0.378 e. The number of aryl methyl sites for hydroxylation is 1. The molecule has 2 aromatic rings. The molecule has 0 saturated carbocycles. The second kappa shape index (κ2) is 8.82. The molecule has 154 valence electrons. The highest BCUT2D eigenvalue weighted by atomic mass is 16.6. The van der Waals surface area contributed by atoms with E-state index in [1.807, 2.05) is 4.90 Å². The van der Waals surface area contributed by atoms with Crippen LogP contribution in [-0.4, -0.2) is 47.1 Å². The molecule has 0 atom stereocenters. The number of nitro benzene ring substituents is 1. The lowest BCUT2D eigenvalue weighted by atomic mass is 10.1. The molecule has 2 N–H and O–H groups in total. The molecule has 0 aliphatic carbocycles. The summed E-state index contributed by atoms with van der Waals surface area (Å²) in [5.74, 6) is 0.181. The monoisotopic (exact) mass is 401 g/mol. The number of nitrogens with one attached hydrogen (secondary N) is 2. The number of H-pyrrole nitrogens is 1. The van der Waals surface area contributed by atoms with Crippen LogP contribution in [0.15, 0.2) is 23.0 Å². The number of nitrogens with zero attached hydrogens (tertiary/aromatic N) is 3. The summed E-state index contributed by atoms with van der Waals surface area (Å²) in [4.78, 5) is 44.6. The molecule has 10 heteroatoms. The van der Waals surface area contributed by atoms with Crippen molar-refractivity contribution in [2.24, 2.45) is 0 Å². The number of morpholine rings is 1. The van der Waals surface area contributed by atoms with Crippen LogP contribution in [-0.2, 0) is 16.0 Å². The molecule has 1 saturated heterocycles. The molecule has 1 aromatic carbocycles. The van der Waals surface area contributed by atoms with Gasteiger partial charge in [-0.05, 0) is 26.3 Å². The number of nitro groups is 1. The number of rotatable bonds is 6. The number of ether oxygens (including phenoxy) is 1. The van der Waals surface area contributed by atoms with Crippen molar-refractivity contribution in [2.45, 2.75) is 26.7 Å². The van der Waals surface area contributed by atoms with Crippen LogP contribution < -0.4 is 15.8 Å². The average Bonchev–Trinajstić information content (AvgIpc) is 2.69. The highest BCUT2D eigenvalue weighted by Crippen LogP contribution is 2.25. The highest BCUT2D eigenvalue weighted by Gasteiger charge is 2.18. The van der Waals surface area contributed by atoms with E-state index in [9.17, 15) is 19.7 Å². The molecule has 1 amide bonds. The smallest absolute Gasteiger partial charge is 0.274 e. The summed E-state index contributed by atoms with van der Waals surface area (Å²) >= 11 is 0. The number of aromatic amines is 1. The molecule has 1 fully saturated rings. The number of carbonyl (C=O) groups is 1. The summed E-state index contributed by atoms with van der Waals surface area (Å²) in [6.07, 6.45) is 0.280. The molecule has 10 nitrogen and oxygen atoms in total. The number of aromatic nitrogens is 2. The first kappa shape index (κ1) is 20.5. The number of hydrogen-bond acceptors (Lipinski definition) is 7. The highest BCUT2D eigenvalue weighted by molar-refractivity contribution is 5.92. The van der Waals surface area contributed by atoms with Crippen molar-refractivity contribution in [1.29, 1.82) is 0 Å². The predicted molar refractivity (Wildman–Crippen MR) is 107 cm³/mol. The van der Waals surface area contributed by atoms with Gasteiger partial charge in [0.2, 0.25) is 11.9 Å². The third-order valence-electron chi connectivity index (χ3n) is 4.90. The van der Waals surface area contributed by atoms with E-state index in [-0.39, 0.29) is 30.0 Å². The van der Waals surface area contributed by atoms with Crippen LogP contribution >= 0.6 is 0 Å². The van der Waals surface area contributed by atoms with E-state index in [1.54, 1.807) is 19.9 Å². The van der Waals surface area contributed by atoms with E-state index in [0.29, 0.717) is 54.8 Å². The molecule has 1 aromatic heterocycles. The number of anilines is 2. The second-order valence-corrected chi connectivity index (χ2v) is 6.81. The third kappa shape index (κ3) is 4.77. The first-order valence-electron chi connectivity index (χ1n) is 9.33. The Bertz CT molecular complexity index is 981. The van der Waals surface area contributed by atoms with Crippen LogP contribution in [0.2, 0.25) is 0 Å². The summed E-state index contributed by atoms with van der Waals surface area (Å²) in [6, 6.07) is 4.51. The zero-order valence-corrected chi connectivity index (χ0v) is 16.4. The fourth-order valence-corrected chi connectivity index (χ4v) is 3.22. The SMILES string of the molecule is Cc1nc(N2CCOCC2)[nH]c(=O)c1CCC(=O)Nc1cccc([N+](=O)[O-])c1C. The molecular weight excluding hydrogens is 378 g/mol. The molecule has 1 aliphatic heterocycles. The van der Waals surface area contributed by atoms with Crippen molar-refractivity contribution >= 4 is 23.2 Å². The van der Waals surface area contributed by atoms with Gasteiger partial charge in [0, 0.05) is 36.8 Å². The number of benzene rings is 1. The fraction of sp³-hybridized carbons (Fsp3) is 0.421. The van der Waals surface area contributed by atoms with Gasteiger partial charge in [-0.15, -0.1) is 0 Å². The van der Waals surface area contributed by atoms with Gasteiger partial charge in [0.25, 0.3) is 11.2 Å². The van der Waals surface area contributed by atoms with E-state index in [0.717, 1.165) is 0 Å². The van der Waals surface area contributed by atoms with Crippen LogP contribution in [0.25, 0.3) is 0 Å². The first-order valence-corrected chi connectivity index (χ1v) is 9.33. The van der Waals surface area contributed by atoms with Gasteiger partial charge in [-0.1, -0.05) is 6.07 Å². The predicted octanol–water partition coefficient (Wildman–Crippen LogP) is 1.70. The maximum atomic E-state index is 12.5. The van der Waals surface area contributed by atoms with Gasteiger partial charge in [-0.25, -0.2) is 4.98 Å². The van der Waals surface area contributed by atoms with Crippen molar-refractivity contribution in [3.63, 3.8) is 0 Å². The van der Waals surface area contributed by atoms with Crippen molar-refractivity contribution in [1.82, 2.24) is 9.97 Å². The molecule has 29 heavy (non-hydrogen) atoms. The Kier molecular flexibility index (Phi) is 6.23. The van der Waals surface area contributed by atoms with Crippen molar-refractivity contribution < 1.29 is 14.5 Å². The first-order chi connectivity index (χ1) is 13.9. The Morgan fingerprint density at radius 2 is 2.07 bits per heavy atom. The van der Waals surface area contributed by atoms with Gasteiger partial charge in [-0.2, -0.15) is 0 Å². The lowest BCUT2D eigenvalue weighted by Gasteiger charge is -2.27. The third-order valence-corrected chi connectivity index (χ3v) is 4.90. The van der Waals surface area contributed by atoms with Gasteiger partial charge in [0.05, 0.1) is 29.4 Å². The van der Waals surface area contributed by atoms with Gasteiger partial charge in [0.15, 0.2) is 0 Å². The van der Waals surface area contributed by atoms with Crippen LogP contribution in [0, 0.1) is 24.0 Å². The number of carbonyl (C=O) groups excluding carboxylic acids is 1. The number of amides is 1. The van der Waals surface area contributed by atoms with E-state index in [4.69, 9.17) is 4.74 Å². The zero-order chi connectivity index (χ0) is 21.0. The largest absolute Gasteiger partial charge is 0.378 e. The lowest BCUT2D eigenvalue weighted by molar-refractivity contribution is -0.385. The maximum Gasteiger partial charge on any atom is 0.274 e. The van der Waals surface area contributed by atoms with Crippen LogP contribution in [0.1, 0.15) is 23.2 Å². The van der Waals surface area contributed by atoms with E-state index >= 15 is 0 Å². The molecule has 3 rings (SSSR count). The number of hydrogen-bond donors (Lipinski definition) is 2. The standard InChI is InChI=1S/C19H23N5O5/c1-12-15(4-3-5-16(12)24(27)28)21-17(25)7-6-14-13(2)20-19(22-18(14)26)23-8-10-29-11-9-23/h3-5H,6-11H2,1-2H3,(H,21,25)(H,20,22,26). The molecule has 1 aliphatic rings. The van der Waals surface area contributed by atoms with Gasteiger partial charge in [-0.3, -0.25) is 24.7 Å². The molecule has 2 heterocycles. The molecule has 0 unspecified atom stereocenters. The summed E-state index contributed by atoms with van der Waals surface area (Å²) in [7, 11) is 0. The summed E-state index contributed by atoms with van der Waals surface area (Å²) in [6.45, 7) is 5.82. The van der Waals surface area contributed by atoms with Crippen LogP contribution in [0.5, 0.6) is 0 Å². The Labute approximate surface area is 167 Å². The van der Waals surface area contributed by atoms with Gasteiger partial charge >= 0.3 is 0 Å². The van der Waals surface area contributed by atoms with E-state index in [1.165, 1.54) is 12.1 Å². The zero-order valence-electron chi connectivity index (χ0n) is 16.4. The fourth-order valence-electron chi connectivity index (χ4n) is 3.22. The Morgan fingerprint density at radius 3 is 2.72 bits per heavy atom.